The summed E-state index contributed by atoms with van der Waals surface area (Å²) in [4.78, 5) is 4.61. The number of benzene rings is 2. The third kappa shape index (κ3) is 3.05. The smallest absolute Gasteiger partial charge is 0.175 e. The van der Waals surface area contributed by atoms with Crippen molar-refractivity contribution in [2.75, 3.05) is 13.7 Å². The van der Waals surface area contributed by atoms with Crippen molar-refractivity contribution >= 4 is 28.9 Å². The van der Waals surface area contributed by atoms with Crippen LogP contribution in [-0.2, 0) is 4.74 Å². The number of hydrogen-bond donors (Lipinski definition) is 0. The van der Waals surface area contributed by atoms with Crippen molar-refractivity contribution in [1.82, 2.24) is 0 Å². The highest BCUT2D eigenvalue weighted by atomic mass is 35.5. The largest absolute Gasteiger partial charge is 0.497 e. The maximum Gasteiger partial charge on any atom is 0.175 e. The number of nitrogens with zero attached hydrogens (tertiary/aromatic N) is 1. The van der Waals surface area contributed by atoms with Gasteiger partial charge in [0.1, 0.15) is 5.75 Å². The van der Waals surface area contributed by atoms with Gasteiger partial charge in [0.15, 0.2) is 6.23 Å². The Morgan fingerprint density at radius 2 is 1.86 bits per heavy atom. The number of halogens is 2. The molecule has 0 amide bonds. The molecule has 2 aromatic rings. The monoisotopic (exact) mass is 321 g/mol. The van der Waals surface area contributed by atoms with E-state index < -0.39 is 0 Å². The quantitative estimate of drug-likeness (QED) is 0.832. The van der Waals surface area contributed by atoms with E-state index >= 15 is 0 Å². The lowest BCUT2D eigenvalue weighted by atomic mass is 10.1. The highest BCUT2D eigenvalue weighted by Crippen LogP contribution is 2.30. The molecule has 0 radical (unpaired) electrons. The number of aliphatic imine (C=N–C) groups is 1. The maximum absolute atomic E-state index is 6.03. The van der Waals surface area contributed by atoms with Crippen LogP contribution in [0.25, 0.3) is 0 Å². The Morgan fingerprint density at radius 3 is 2.52 bits per heavy atom. The van der Waals surface area contributed by atoms with Crippen LogP contribution in [0.2, 0.25) is 10.0 Å². The predicted molar refractivity (Wildman–Crippen MR) is 84.7 cm³/mol. The number of hydrogen-bond acceptors (Lipinski definition) is 3. The molecular weight excluding hydrogens is 309 g/mol. The number of ether oxygens (including phenoxy) is 2. The van der Waals surface area contributed by atoms with Gasteiger partial charge in [0, 0.05) is 5.56 Å². The second-order valence-electron chi connectivity index (χ2n) is 4.64. The zero-order valence-electron chi connectivity index (χ0n) is 11.3. The highest BCUT2D eigenvalue weighted by molar-refractivity contribution is 6.42. The van der Waals surface area contributed by atoms with E-state index in [1.54, 1.807) is 19.2 Å². The van der Waals surface area contributed by atoms with Gasteiger partial charge in [0.05, 0.1) is 29.5 Å². The van der Waals surface area contributed by atoms with Crippen LogP contribution in [0, 0.1) is 0 Å². The Labute approximate surface area is 133 Å². The number of methoxy groups -OCH3 is 1. The average molecular weight is 322 g/mol. The molecule has 0 aromatic heterocycles. The van der Waals surface area contributed by atoms with Crippen molar-refractivity contribution in [3.05, 3.63) is 63.6 Å². The molecule has 3 rings (SSSR count). The standard InChI is InChI=1S/C16H13Cl2NO2/c1-20-12-5-2-10(3-6-12)15-9-21-16(19-15)11-4-7-13(17)14(18)8-11/h2-8,16H,9H2,1H3. The molecule has 5 heteroatoms. The summed E-state index contributed by atoms with van der Waals surface area (Å²) in [5, 5.41) is 1.03. The first-order valence-electron chi connectivity index (χ1n) is 6.45. The van der Waals surface area contributed by atoms with E-state index in [0.717, 1.165) is 22.6 Å². The van der Waals surface area contributed by atoms with Gasteiger partial charge in [-0.2, -0.15) is 0 Å². The van der Waals surface area contributed by atoms with Gasteiger partial charge in [-0.1, -0.05) is 29.3 Å². The summed E-state index contributed by atoms with van der Waals surface area (Å²) >= 11 is 11.9. The third-order valence-corrected chi connectivity index (χ3v) is 4.04. The van der Waals surface area contributed by atoms with Gasteiger partial charge in [0.2, 0.25) is 0 Å². The topological polar surface area (TPSA) is 30.8 Å². The summed E-state index contributed by atoms with van der Waals surface area (Å²) in [6, 6.07) is 13.2. The fourth-order valence-corrected chi connectivity index (χ4v) is 2.46. The molecule has 1 aliphatic rings. The molecule has 0 fully saturated rings. The van der Waals surface area contributed by atoms with Crippen molar-refractivity contribution in [2.45, 2.75) is 6.23 Å². The van der Waals surface area contributed by atoms with Crippen molar-refractivity contribution in [2.24, 2.45) is 4.99 Å². The molecule has 0 N–H and O–H groups in total. The van der Waals surface area contributed by atoms with Gasteiger partial charge >= 0.3 is 0 Å². The predicted octanol–water partition coefficient (Wildman–Crippen LogP) is 4.52. The SMILES string of the molecule is COc1ccc(C2=NC(c3ccc(Cl)c(Cl)c3)OC2)cc1. The Bertz CT molecular complexity index is 683. The molecule has 1 atom stereocenters. The van der Waals surface area contributed by atoms with E-state index in [-0.39, 0.29) is 6.23 Å². The van der Waals surface area contributed by atoms with Crippen molar-refractivity contribution in [3.63, 3.8) is 0 Å². The van der Waals surface area contributed by atoms with Crippen LogP contribution in [0.5, 0.6) is 5.75 Å². The van der Waals surface area contributed by atoms with Crippen molar-refractivity contribution < 1.29 is 9.47 Å². The van der Waals surface area contributed by atoms with E-state index in [0.29, 0.717) is 16.7 Å². The molecule has 3 nitrogen and oxygen atoms in total. The Hall–Kier alpha value is -1.55. The van der Waals surface area contributed by atoms with Gasteiger partial charge in [-0.25, -0.2) is 0 Å². The van der Waals surface area contributed by atoms with Crippen molar-refractivity contribution in [1.29, 1.82) is 0 Å². The lowest BCUT2D eigenvalue weighted by Crippen LogP contribution is -2.02. The van der Waals surface area contributed by atoms with Crippen LogP contribution in [0.1, 0.15) is 17.4 Å². The second kappa shape index (κ2) is 6.06. The zero-order valence-corrected chi connectivity index (χ0v) is 12.9. The zero-order chi connectivity index (χ0) is 14.8. The molecule has 108 valence electrons. The van der Waals surface area contributed by atoms with Crippen LogP contribution in [0.3, 0.4) is 0 Å². The normalized spacial score (nSPS) is 17.7. The summed E-state index contributed by atoms with van der Waals surface area (Å²) in [6.45, 7) is 0.469. The molecule has 1 unspecified atom stereocenters. The molecule has 1 aliphatic heterocycles. The Kier molecular flexibility index (Phi) is 4.15. The van der Waals surface area contributed by atoms with E-state index in [1.165, 1.54) is 0 Å². The first kappa shape index (κ1) is 14.4. The minimum atomic E-state index is -0.336. The molecule has 1 heterocycles. The van der Waals surface area contributed by atoms with E-state index in [2.05, 4.69) is 4.99 Å². The first-order valence-corrected chi connectivity index (χ1v) is 7.20. The van der Waals surface area contributed by atoms with E-state index in [4.69, 9.17) is 32.7 Å². The van der Waals surface area contributed by atoms with Crippen LogP contribution in [0.4, 0.5) is 0 Å². The number of rotatable bonds is 3. The first-order chi connectivity index (χ1) is 10.2. The fraction of sp³-hybridized carbons (Fsp3) is 0.188. The summed E-state index contributed by atoms with van der Waals surface area (Å²) in [5.41, 5.74) is 2.83. The third-order valence-electron chi connectivity index (χ3n) is 3.30. The lowest BCUT2D eigenvalue weighted by Gasteiger charge is -2.07. The maximum atomic E-state index is 6.03. The van der Waals surface area contributed by atoms with Gasteiger partial charge in [-0.05, 0) is 42.0 Å². The molecule has 21 heavy (non-hydrogen) atoms. The van der Waals surface area contributed by atoms with E-state index in [1.807, 2.05) is 30.3 Å². The fourth-order valence-electron chi connectivity index (χ4n) is 2.15. The van der Waals surface area contributed by atoms with Gasteiger partial charge in [-0.3, -0.25) is 4.99 Å². The summed E-state index contributed by atoms with van der Waals surface area (Å²) in [6.07, 6.45) is -0.336. The van der Waals surface area contributed by atoms with Crippen LogP contribution in [0.15, 0.2) is 47.5 Å². The Morgan fingerprint density at radius 1 is 1.10 bits per heavy atom. The second-order valence-corrected chi connectivity index (χ2v) is 5.46. The summed E-state index contributed by atoms with van der Waals surface area (Å²) in [7, 11) is 1.64. The van der Waals surface area contributed by atoms with Crippen molar-refractivity contribution in [3.8, 4) is 5.75 Å². The average Bonchev–Trinajstić information content (AvgIpc) is 3.00. The summed E-state index contributed by atoms with van der Waals surface area (Å²) in [5.74, 6) is 0.819. The molecule has 2 aromatic carbocycles. The highest BCUT2D eigenvalue weighted by Gasteiger charge is 2.21. The molecule has 0 aliphatic carbocycles. The van der Waals surface area contributed by atoms with Crippen LogP contribution >= 0.6 is 23.2 Å². The summed E-state index contributed by atoms with van der Waals surface area (Å²) < 4.78 is 10.9. The van der Waals surface area contributed by atoms with Gasteiger partial charge in [-0.15, -0.1) is 0 Å². The van der Waals surface area contributed by atoms with Crippen LogP contribution < -0.4 is 4.74 Å². The van der Waals surface area contributed by atoms with E-state index in [9.17, 15) is 0 Å². The minimum Gasteiger partial charge on any atom is -0.497 e. The lowest BCUT2D eigenvalue weighted by molar-refractivity contribution is 0.110. The molecule has 0 bridgehead atoms. The molecular formula is C16H13Cl2NO2. The molecule has 0 spiro atoms. The molecule has 0 saturated heterocycles. The minimum absolute atomic E-state index is 0.336. The molecule has 0 saturated carbocycles. The van der Waals surface area contributed by atoms with Crippen LogP contribution in [-0.4, -0.2) is 19.4 Å². The van der Waals surface area contributed by atoms with Gasteiger partial charge < -0.3 is 9.47 Å². The van der Waals surface area contributed by atoms with Gasteiger partial charge in [0.25, 0.3) is 0 Å². The Balaban J connectivity index is 1.84.